The Morgan fingerprint density at radius 1 is 1.38 bits per heavy atom. The van der Waals surface area contributed by atoms with Gasteiger partial charge in [0.15, 0.2) is 0 Å². The number of hydrogen-bond acceptors (Lipinski definition) is 3. The van der Waals surface area contributed by atoms with E-state index in [0.29, 0.717) is 5.02 Å². The number of methoxy groups -OCH3 is 1. The standard InChI is InChI=1S/C16H22ClN3O/c1-4-8-18-15(16-19-9-10-20(16)5-2)13-11-12(17)6-7-14(13)21-3/h6-7,9-11,15,18H,4-5,8H2,1-3H3. The van der Waals surface area contributed by atoms with E-state index >= 15 is 0 Å². The average Bonchev–Trinajstić information content (AvgIpc) is 2.96. The molecule has 0 radical (unpaired) electrons. The molecule has 1 aromatic carbocycles. The van der Waals surface area contributed by atoms with Crippen molar-refractivity contribution in [2.24, 2.45) is 0 Å². The summed E-state index contributed by atoms with van der Waals surface area (Å²) >= 11 is 6.18. The van der Waals surface area contributed by atoms with Gasteiger partial charge in [0, 0.05) is 29.5 Å². The maximum Gasteiger partial charge on any atom is 0.130 e. The number of benzene rings is 1. The van der Waals surface area contributed by atoms with Crippen LogP contribution < -0.4 is 10.1 Å². The van der Waals surface area contributed by atoms with Gasteiger partial charge < -0.3 is 14.6 Å². The first-order valence-electron chi connectivity index (χ1n) is 7.29. The van der Waals surface area contributed by atoms with E-state index in [4.69, 9.17) is 16.3 Å². The molecule has 0 saturated heterocycles. The molecule has 1 aromatic heterocycles. The summed E-state index contributed by atoms with van der Waals surface area (Å²) < 4.78 is 7.63. The van der Waals surface area contributed by atoms with Crippen molar-refractivity contribution in [1.82, 2.24) is 14.9 Å². The van der Waals surface area contributed by atoms with Gasteiger partial charge in [0.25, 0.3) is 0 Å². The lowest BCUT2D eigenvalue weighted by Crippen LogP contribution is -2.26. The van der Waals surface area contributed by atoms with Gasteiger partial charge >= 0.3 is 0 Å². The Labute approximate surface area is 131 Å². The van der Waals surface area contributed by atoms with Crippen molar-refractivity contribution in [2.75, 3.05) is 13.7 Å². The minimum Gasteiger partial charge on any atom is -0.496 e. The molecule has 0 fully saturated rings. The number of imidazole rings is 1. The molecule has 21 heavy (non-hydrogen) atoms. The number of hydrogen-bond donors (Lipinski definition) is 1. The van der Waals surface area contributed by atoms with Crippen LogP contribution in [0.1, 0.15) is 37.7 Å². The van der Waals surface area contributed by atoms with E-state index in [1.807, 2.05) is 30.6 Å². The number of halogens is 1. The maximum absolute atomic E-state index is 6.18. The molecule has 0 aliphatic heterocycles. The smallest absolute Gasteiger partial charge is 0.130 e. The second-order valence-electron chi connectivity index (χ2n) is 4.84. The van der Waals surface area contributed by atoms with Crippen molar-refractivity contribution in [3.63, 3.8) is 0 Å². The molecule has 0 aliphatic carbocycles. The highest BCUT2D eigenvalue weighted by atomic mass is 35.5. The molecule has 0 saturated carbocycles. The second kappa shape index (κ2) is 7.48. The van der Waals surface area contributed by atoms with Crippen molar-refractivity contribution in [1.29, 1.82) is 0 Å². The number of aromatic nitrogens is 2. The van der Waals surface area contributed by atoms with Crippen LogP contribution in [-0.4, -0.2) is 23.2 Å². The van der Waals surface area contributed by atoms with Crippen molar-refractivity contribution < 1.29 is 4.74 Å². The highest BCUT2D eigenvalue weighted by Crippen LogP contribution is 2.31. The zero-order valence-corrected chi connectivity index (χ0v) is 13.5. The molecule has 2 aromatic rings. The van der Waals surface area contributed by atoms with E-state index in [1.54, 1.807) is 7.11 Å². The summed E-state index contributed by atoms with van der Waals surface area (Å²) in [4.78, 5) is 4.52. The summed E-state index contributed by atoms with van der Waals surface area (Å²) in [6.07, 6.45) is 4.87. The molecule has 4 nitrogen and oxygen atoms in total. The summed E-state index contributed by atoms with van der Waals surface area (Å²) in [5.74, 6) is 1.80. The number of ether oxygens (including phenoxy) is 1. The fourth-order valence-corrected chi connectivity index (χ4v) is 2.59. The lowest BCUT2D eigenvalue weighted by Gasteiger charge is -2.22. The third-order valence-electron chi connectivity index (χ3n) is 3.45. The van der Waals surface area contributed by atoms with Crippen LogP contribution in [0.5, 0.6) is 5.75 Å². The Hall–Kier alpha value is -1.52. The number of nitrogens with zero attached hydrogens (tertiary/aromatic N) is 2. The minimum absolute atomic E-state index is 0.0338. The van der Waals surface area contributed by atoms with Crippen LogP contribution >= 0.6 is 11.6 Å². The van der Waals surface area contributed by atoms with Crippen LogP contribution in [0.25, 0.3) is 0 Å². The maximum atomic E-state index is 6.18. The van der Waals surface area contributed by atoms with Gasteiger partial charge in [-0.25, -0.2) is 4.98 Å². The first-order valence-corrected chi connectivity index (χ1v) is 7.66. The van der Waals surface area contributed by atoms with Gasteiger partial charge in [-0.3, -0.25) is 0 Å². The molecule has 2 rings (SSSR count). The fourth-order valence-electron chi connectivity index (χ4n) is 2.41. The molecular formula is C16H22ClN3O. The molecule has 114 valence electrons. The summed E-state index contributed by atoms with van der Waals surface area (Å²) in [6.45, 7) is 6.03. The summed E-state index contributed by atoms with van der Waals surface area (Å²) in [5, 5.41) is 4.24. The molecule has 0 bridgehead atoms. The van der Waals surface area contributed by atoms with Gasteiger partial charge in [-0.1, -0.05) is 18.5 Å². The quantitative estimate of drug-likeness (QED) is 0.848. The first-order chi connectivity index (χ1) is 10.2. The van der Waals surface area contributed by atoms with Gasteiger partial charge in [-0.05, 0) is 38.1 Å². The van der Waals surface area contributed by atoms with Crippen molar-refractivity contribution >= 4 is 11.6 Å². The minimum atomic E-state index is -0.0338. The Morgan fingerprint density at radius 3 is 2.86 bits per heavy atom. The third-order valence-corrected chi connectivity index (χ3v) is 3.68. The third kappa shape index (κ3) is 3.57. The molecule has 0 amide bonds. The van der Waals surface area contributed by atoms with E-state index in [9.17, 15) is 0 Å². The highest BCUT2D eigenvalue weighted by Gasteiger charge is 2.22. The molecule has 1 N–H and O–H groups in total. The summed E-state index contributed by atoms with van der Waals surface area (Å²) in [5.41, 5.74) is 1.01. The van der Waals surface area contributed by atoms with Gasteiger partial charge in [-0.15, -0.1) is 0 Å². The molecule has 1 atom stereocenters. The highest BCUT2D eigenvalue weighted by molar-refractivity contribution is 6.30. The van der Waals surface area contributed by atoms with E-state index in [-0.39, 0.29) is 6.04 Å². The Kier molecular flexibility index (Phi) is 5.65. The van der Waals surface area contributed by atoms with Crippen molar-refractivity contribution in [3.05, 3.63) is 47.0 Å². The van der Waals surface area contributed by atoms with Gasteiger partial charge in [0.05, 0.1) is 13.2 Å². The number of nitrogens with one attached hydrogen (secondary N) is 1. The van der Waals surface area contributed by atoms with Gasteiger partial charge in [0.1, 0.15) is 11.6 Å². The van der Waals surface area contributed by atoms with Crippen LogP contribution in [0, 0.1) is 0 Å². The second-order valence-corrected chi connectivity index (χ2v) is 5.28. The van der Waals surface area contributed by atoms with Crippen LogP contribution in [0.15, 0.2) is 30.6 Å². The van der Waals surface area contributed by atoms with E-state index in [0.717, 1.165) is 36.6 Å². The SMILES string of the molecule is CCCNC(c1cc(Cl)ccc1OC)c1nccn1CC. The first kappa shape index (κ1) is 15.9. The average molecular weight is 308 g/mol. The van der Waals surface area contributed by atoms with Gasteiger partial charge in [-0.2, -0.15) is 0 Å². The Balaban J connectivity index is 2.47. The number of aryl methyl sites for hydroxylation is 1. The summed E-state index contributed by atoms with van der Waals surface area (Å²) in [7, 11) is 1.68. The van der Waals surface area contributed by atoms with E-state index < -0.39 is 0 Å². The Bertz CT molecular complexity index is 583. The molecular weight excluding hydrogens is 286 g/mol. The Morgan fingerprint density at radius 2 is 2.19 bits per heavy atom. The lowest BCUT2D eigenvalue weighted by atomic mass is 10.0. The molecule has 0 aliphatic rings. The van der Waals surface area contributed by atoms with Crippen LogP contribution in [0.2, 0.25) is 5.02 Å². The van der Waals surface area contributed by atoms with E-state index in [2.05, 4.69) is 28.7 Å². The summed E-state index contributed by atoms with van der Waals surface area (Å²) in [6, 6.07) is 5.65. The van der Waals surface area contributed by atoms with Crippen molar-refractivity contribution in [2.45, 2.75) is 32.9 Å². The normalized spacial score (nSPS) is 12.4. The number of rotatable bonds is 7. The van der Waals surface area contributed by atoms with Crippen LogP contribution in [0.4, 0.5) is 0 Å². The van der Waals surface area contributed by atoms with Crippen molar-refractivity contribution in [3.8, 4) is 5.75 Å². The lowest BCUT2D eigenvalue weighted by molar-refractivity contribution is 0.401. The van der Waals surface area contributed by atoms with Crippen LogP contribution in [0.3, 0.4) is 0 Å². The fraction of sp³-hybridized carbons (Fsp3) is 0.438. The molecule has 5 heteroatoms. The zero-order chi connectivity index (χ0) is 15.2. The predicted octanol–water partition coefficient (Wildman–Crippen LogP) is 3.65. The predicted molar refractivity (Wildman–Crippen MR) is 86.0 cm³/mol. The molecule has 1 unspecified atom stereocenters. The topological polar surface area (TPSA) is 39.1 Å². The largest absolute Gasteiger partial charge is 0.496 e. The van der Waals surface area contributed by atoms with E-state index in [1.165, 1.54) is 0 Å². The van der Waals surface area contributed by atoms with Crippen LogP contribution in [-0.2, 0) is 6.54 Å². The van der Waals surface area contributed by atoms with Gasteiger partial charge in [0.2, 0.25) is 0 Å². The monoisotopic (exact) mass is 307 g/mol. The molecule has 0 spiro atoms. The zero-order valence-electron chi connectivity index (χ0n) is 12.8. The molecule has 1 heterocycles.